The summed E-state index contributed by atoms with van der Waals surface area (Å²) in [5, 5.41) is 13.2. The molecule has 0 radical (unpaired) electrons. The third-order valence-corrected chi connectivity index (χ3v) is 4.85. The lowest BCUT2D eigenvalue weighted by atomic mass is 10.1. The molecule has 6 heteroatoms. The number of unbranched alkanes of at least 4 members (excludes halogenated alkanes) is 1. The average molecular weight is 436 g/mol. The number of aliphatic hydroxyl groups excluding tert-OH is 1. The lowest BCUT2D eigenvalue weighted by molar-refractivity contribution is -0.121. The Hall–Kier alpha value is -2.05. The van der Waals surface area contributed by atoms with Crippen LogP contribution in [0.25, 0.3) is 0 Å². The number of amides is 1. The molecule has 0 heterocycles. The fourth-order valence-corrected chi connectivity index (χ4v) is 3.04. The van der Waals surface area contributed by atoms with Crippen molar-refractivity contribution in [1.82, 2.24) is 5.32 Å². The van der Waals surface area contributed by atoms with Crippen LogP contribution in [0.2, 0.25) is 0 Å². The maximum Gasteiger partial charge on any atom is 0.220 e. The van der Waals surface area contributed by atoms with Crippen molar-refractivity contribution in [2.75, 3.05) is 20.8 Å². The highest BCUT2D eigenvalue weighted by atomic mass is 79.9. The van der Waals surface area contributed by atoms with Gasteiger partial charge in [-0.3, -0.25) is 4.79 Å². The molecule has 0 saturated carbocycles. The van der Waals surface area contributed by atoms with Gasteiger partial charge in [-0.1, -0.05) is 28.1 Å². The molecule has 0 bridgehead atoms. The molecular formula is C21H26BrNO4. The minimum atomic E-state index is -0.859. The van der Waals surface area contributed by atoms with Gasteiger partial charge in [-0.25, -0.2) is 0 Å². The minimum Gasteiger partial charge on any atom is -0.497 e. The monoisotopic (exact) mass is 435 g/mol. The van der Waals surface area contributed by atoms with E-state index < -0.39 is 6.10 Å². The van der Waals surface area contributed by atoms with E-state index >= 15 is 0 Å². The SMILES string of the molecule is COc1ccc(OC)c(C(O)CNC(=O)CCCCc2ccc(Br)cc2)c1. The van der Waals surface area contributed by atoms with Crippen LogP contribution in [0.3, 0.4) is 0 Å². The van der Waals surface area contributed by atoms with Crippen molar-refractivity contribution in [3.05, 3.63) is 58.1 Å². The highest BCUT2D eigenvalue weighted by molar-refractivity contribution is 9.10. The van der Waals surface area contributed by atoms with Crippen molar-refractivity contribution < 1.29 is 19.4 Å². The molecule has 27 heavy (non-hydrogen) atoms. The molecule has 2 rings (SSSR count). The van der Waals surface area contributed by atoms with Gasteiger partial charge < -0.3 is 19.9 Å². The van der Waals surface area contributed by atoms with Crippen LogP contribution >= 0.6 is 15.9 Å². The zero-order valence-corrected chi connectivity index (χ0v) is 17.3. The van der Waals surface area contributed by atoms with Gasteiger partial charge in [0.15, 0.2) is 0 Å². The summed E-state index contributed by atoms with van der Waals surface area (Å²) < 4.78 is 11.5. The van der Waals surface area contributed by atoms with E-state index in [1.165, 1.54) is 5.56 Å². The van der Waals surface area contributed by atoms with E-state index in [1.54, 1.807) is 32.4 Å². The van der Waals surface area contributed by atoms with Crippen LogP contribution in [-0.4, -0.2) is 31.8 Å². The molecule has 1 atom stereocenters. The summed E-state index contributed by atoms with van der Waals surface area (Å²) in [6, 6.07) is 13.4. The van der Waals surface area contributed by atoms with Crippen molar-refractivity contribution in [2.24, 2.45) is 0 Å². The molecule has 0 saturated heterocycles. The molecule has 5 nitrogen and oxygen atoms in total. The van der Waals surface area contributed by atoms with Crippen LogP contribution in [0.1, 0.15) is 36.5 Å². The first-order chi connectivity index (χ1) is 13.0. The summed E-state index contributed by atoms with van der Waals surface area (Å²) in [5.74, 6) is 1.13. The molecule has 2 N–H and O–H groups in total. The molecule has 2 aromatic rings. The summed E-state index contributed by atoms with van der Waals surface area (Å²) >= 11 is 3.42. The molecule has 1 amide bonds. The Labute approximate surface area is 168 Å². The number of aliphatic hydroxyl groups is 1. The number of hydrogen-bond acceptors (Lipinski definition) is 4. The second kappa shape index (κ2) is 10.9. The quantitative estimate of drug-likeness (QED) is 0.552. The second-order valence-corrected chi connectivity index (χ2v) is 7.18. The van der Waals surface area contributed by atoms with E-state index in [-0.39, 0.29) is 12.5 Å². The number of ether oxygens (including phenoxy) is 2. The molecule has 1 unspecified atom stereocenters. The third kappa shape index (κ3) is 6.88. The maximum absolute atomic E-state index is 12.0. The Morgan fingerprint density at radius 2 is 1.85 bits per heavy atom. The van der Waals surface area contributed by atoms with Gasteiger partial charge in [0.1, 0.15) is 11.5 Å². The highest BCUT2D eigenvalue weighted by Crippen LogP contribution is 2.29. The molecule has 0 aliphatic carbocycles. The minimum absolute atomic E-state index is 0.0632. The Kier molecular flexibility index (Phi) is 8.61. The van der Waals surface area contributed by atoms with Crippen LogP contribution < -0.4 is 14.8 Å². The van der Waals surface area contributed by atoms with Crippen LogP contribution in [0, 0.1) is 0 Å². The van der Waals surface area contributed by atoms with Crippen molar-refractivity contribution in [3.63, 3.8) is 0 Å². The Morgan fingerprint density at radius 1 is 1.11 bits per heavy atom. The van der Waals surface area contributed by atoms with Gasteiger partial charge in [0, 0.05) is 23.0 Å². The fourth-order valence-electron chi connectivity index (χ4n) is 2.77. The van der Waals surface area contributed by atoms with E-state index in [9.17, 15) is 9.90 Å². The first kappa shape index (κ1) is 21.3. The summed E-state index contributed by atoms with van der Waals surface area (Å²) in [7, 11) is 3.11. The normalized spacial score (nSPS) is 11.7. The Balaban J connectivity index is 1.74. The predicted octanol–water partition coefficient (Wildman–Crippen LogP) is 4.03. The van der Waals surface area contributed by atoms with Gasteiger partial charge in [-0.2, -0.15) is 0 Å². The molecule has 0 aliphatic rings. The summed E-state index contributed by atoms with van der Waals surface area (Å²) in [6.45, 7) is 0.134. The van der Waals surface area contributed by atoms with E-state index in [2.05, 4.69) is 33.4 Å². The van der Waals surface area contributed by atoms with Crippen molar-refractivity contribution in [2.45, 2.75) is 31.8 Å². The molecule has 0 spiro atoms. The predicted molar refractivity (Wildman–Crippen MR) is 109 cm³/mol. The van der Waals surface area contributed by atoms with Crippen molar-refractivity contribution in [3.8, 4) is 11.5 Å². The number of carbonyl (C=O) groups excluding carboxylic acids is 1. The van der Waals surface area contributed by atoms with Crippen molar-refractivity contribution in [1.29, 1.82) is 0 Å². The Morgan fingerprint density at radius 3 is 2.52 bits per heavy atom. The molecule has 0 aromatic heterocycles. The lowest BCUT2D eigenvalue weighted by Crippen LogP contribution is -2.28. The number of carbonyl (C=O) groups is 1. The second-order valence-electron chi connectivity index (χ2n) is 6.26. The number of aryl methyl sites for hydroxylation is 1. The fraction of sp³-hybridized carbons (Fsp3) is 0.381. The van der Waals surface area contributed by atoms with Crippen molar-refractivity contribution >= 4 is 21.8 Å². The van der Waals surface area contributed by atoms with Gasteiger partial charge >= 0.3 is 0 Å². The summed E-state index contributed by atoms with van der Waals surface area (Å²) in [4.78, 5) is 12.0. The third-order valence-electron chi connectivity index (χ3n) is 4.32. The van der Waals surface area contributed by atoms with Crippen LogP contribution in [0.4, 0.5) is 0 Å². The number of nitrogens with one attached hydrogen (secondary N) is 1. The van der Waals surface area contributed by atoms with Gasteiger partial charge in [0.05, 0.1) is 20.3 Å². The zero-order valence-electron chi connectivity index (χ0n) is 15.7. The van der Waals surface area contributed by atoms with E-state index in [1.807, 2.05) is 12.1 Å². The number of halogens is 1. The zero-order chi connectivity index (χ0) is 19.6. The van der Waals surface area contributed by atoms with Gasteiger partial charge in [0.25, 0.3) is 0 Å². The highest BCUT2D eigenvalue weighted by Gasteiger charge is 2.15. The van der Waals surface area contributed by atoms with E-state index in [4.69, 9.17) is 9.47 Å². The average Bonchev–Trinajstić information content (AvgIpc) is 2.70. The first-order valence-electron chi connectivity index (χ1n) is 8.94. The van der Waals surface area contributed by atoms with Gasteiger partial charge in [-0.15, -0.1) is 0 Å². The number of methoxy groups -OCH3 is 2. The molecule has 0 aliphatic heterocycles. The standard InChI is InChI=1S/C21H26BrNO4/c1-26-17-11-12-20(27-2)18(13-17)19(24)14-23-21(25)6-4-3-5-15-7-9-16(22)10-8-15/h7-13,19,24H,3-6,14H2,1-2H3,(H,23,25). The molecule has 2 aromatic carbocycles. The van der Waals surface area contributed by atoms with Gasteiger partial charge in [-0.05, 0) is 55.2 Å². The molecule has 0 fully saturated rings. The largest absolute Gasteiger partial charge is 0.497 e. The summed E-state index contributed by atoms with van der Waals surface area (Å²) in [5.41, 5.74) is 1.85. The maximum atomic E-state index is 12.0. The van der Waals surface area contributed by atoms with Crippen LogP contribution in [0.5, 0.6) is 11.5 Å². The van der Waals surface area contributed by atoms with E-state index in [0.29, 0.717) is 23.5 Å². The number of hydrogen-bond donors (Lipinski definition) is 2. The molecule has 146 valence electrons. The first-order valence-corrected chi connectivity index (χ1v) is 9.74. The van der Waals surface area contributed by atoms with E-state index in [0.717, 1.165) is 23.7 Å². The van der Waals surface area contributed by atoms with Crippen LogP contribution in [0.15, 0.2) is 46.9 Å². The number of benzene rings is 2. The summed E-state index contributed by atoms with van der Waals surface area (Å²) in [6.07, 6.45) is 2.28. The number of rotatable bonds is 10. The topological polar surface area (TPSA) is 67.8 Å². The van der Waals surface area contributed by atoms with Crippen LogP contribution in [-0.2, 0) is 11.2 Å². The van der Waals surface area contributed by atoms with Gasteiger partial charge in [0.2, 0.25) is 5.91 Å². The Bertz CT molecular complexity index is 733. The smallest absolute Gasteiger partial charge is 0.220 e. The molecular weight excluding hydrogens is 410 g/mol. The lowest BCUT2D eigenvalue weighted by Gasteiger charge is -2.16.